The third-order valence-corrected chi connectivity index (χ3v) is 6.58. The lowest BCUT2D eigenvalue weighted by Gasteiger charge is -2.17. The average molecular weight is 380 g/mol. The van der Waals surface area contributed by atoms with Gasteiger partial charge in [-0.3, -0.25) is 4.79 Å². The quantitative estimate of drug-likeness (QED) is 0.731. The molecule has 0 bridgehead atoms. The molecule has 3 aromatic rings. The van der Waals surface area contributed by atoms with Gasteiger partial charge in [-0.05, 0) is 37.6 Å². The average Bonchev–Trinajstić information content (AvgIpc) is 2.95. The van der Waals surface area contributed by atoms with E-state index in [1.165, 1.54) is 0 Å². The highest BCUT2D eigenvalue weighted by Crippen LogP contribution is 2.40. The number of benzene rings is 3. The molecule has 0 fully saturated rings. The van der Waals surface area contributed by atoms with Crippen molar-refractivity contribution in [3.63, 3.8) is 0 Å². The van der Waals surface area contributed by atoms with Crippen LogP contribution in [-0.4, -0.2) is 20.9 Å². The molecule has 0 saturated heterocycles. The fraction of sp³-hybridized carbons (Fsp3) is 0.190. The Balaban J connectivity index is 1.81. The summed E-state index contributed by atoms with van der Waals surface area (Å²) in [5, 5.41) is 1.28. The molecule has 27 heavy (non-hydrogen) atoms. The summed E-state index contributed by atoms with van der Waals surface area (Å²) in [5.41, 5.74) is 2.21. The Bertz CT molecular complexity index is 1140. The summed E-state index contributed by atoms with van der Waals surface area (Å²) in [4.78, 5) is 14.5. The van der Waals surface area contributed by atoms with E-state index in [4.69, 9.17) is 0 Å². The van der Waals surface area contributed by atoms with Crippen LogP contribution in [0.2, 0.25) is 0 Å². The van der Waals surface area contributed by atoms with E-state index in [1.54, 1.807) is 35.2 Å². The Morgan fingerprint density at radius 1 is 1.00 bits per heavy atom. The lowest BCUT2D eigenvalue weighted by molar-refractivity contribution is 0.0994. The second-order valence-corrected chi connectivity index (χ2v) is 8.30. The van der Waals surface area contributed by atoms with Crippen molar-refractivity contribution in [2.75, 3.05) is 11.4 Å². The molecule has 1 heterocycles. The van der Waals surface area contributed by atoms with E-state index in [9.17, 15) is 13.2 Å². The predicted molar refractivity (Wildman–Crippen MR) is 106 cm³/mol. The zero-order valence-electron chi connectivity index (χ0n) is 15.1. The molecule has 0 aromatic heterocycles. The Kier molecular flexibility index (Phi) is 4.25. The molecule has 1 aliphatic heterocycles. The Morgan fingerprint density at radius 3 is 2.44 bits per heavy atom. The van der Waals surface area contributed by atoms with Crippen molar-refractivity contribution in [3.05, 3.63) is 71.8 Å². The van der Waals surface area contributed by atoms with Gasteiger partial charge >= 0.3 is 0 Å². The number of anilines is 1. The molecule has 138 valence electrons. The second kappa shape index (κ2) is 6.48. The smallest absolute Gasteiger partial charge is 0.258 e. The third-order valence-electron chi connectivity index (χ3n) is 4.98. The second-order valence-electron chi connectivity index (χ2n) is 6.61. The van der Waals surface area contributed by atoms with Gasteiger partial charge in [0.1, 0.15) is 0 Å². The van der Waals surface area contributed by atoms with Crippen LogP contribution in [0.15, 0.2) is 65.6 Å². The van der Waals surface area contributed by atoms with Crippen LogP contribution in [0.4, 0.5) is 5.69 Å². The Labute approximate surface area is 158 Å². The lowest BCUT2D eigenvalue weighted by atomic mass is 10.1. The third kappa shape index (κ3) is 2.81. The fourth-order valence-corrected chi connectivity index (χ4v) is 5.11. The molecule has 0 aliphatic carbocycles. The summed E-state index contributed by atoms with van der Waals surface area (Å²) in [6.45, 7) is 4.26. The van der Waals surface area contributed by atoms with Crippen LogP contribution in [0, 0.1) is 0 Å². The fourth-order valence-electron chi connectivity index (χ4n) is 3.67. The van der Waals surface area contributed by atoms with Crippen LogP contribution in [-0.2, 0) is 10.0 Å². The number of nitrogens with zero attached hydrogens (tertiary/aromatic N) is 1. The van der Waals surface area contributed by atoms with Gasteiger partial charge in [-0.1, -0.05) is 42.5 Å². The van der Waals surface area contributed by atoms with Gasteiger partial charge in [0.15, 0.2) is 0 Å². The number of carbonyl (C=O) groups excluding carboxylic acids is 1. The summed E-state index contributed by atoms with van der Waals surface area (Å²) in [7, 11) is -3.76. The molecule has 1 atom stereocenters. The topological polar surface area (TPSA) is 66.5 Å². The molecule has 1 amide bonds. The van der Waals surface area contributed by atoms with Crippen molar-refractivity contribution in [1.82, 2.24) is 4.72 Å². The van der Waals surface area contributed by atoms with Crippen LogP contribution < -0.4 is 9.62 Å². The minimum atomic E-state index is -3.76. The normalized spacial score (nSPS) is 14.7. The van der Waals surface area contributed by atoms with Gasteiger partial charge in [0.25, 0.3) is 5.91 Å². The van der Waals surface area contributed by atoms with E-state index >= 15 is 0 Å². The van der Waals surface area contributed by atoms with E-state index in [0.717, 1.165) is 11.3 Å². The maximum atomic E-state index is 13.1. The molecule has 0 unspecified atom stereocenters. The van der Waals surface area contributed by atoms with Crippen LogP contribution in [0.1, 0.15) is 35.8 Å². The number of rotatable bonds is 5. The largest absolute Gasteiger partial charge is 0.308 e. The molecular weight excluding hydrogens is 360 g/mol. The minimum Gasteiger partial charge on any atom is -0.308 e. The van der Waals surface area contributed by atoms with Crippen LogP contribution in [0.25, 0.3) is 10.8 Å². The van der Waals surface area contributed by atoms with Crippen LogP contribution >= 0.6 is 0 Å². The van der Waals surface area contributed by atoms with Crippen molar-refractivity contribution < 1.29 is 13.2 Å². The monoisotopic (exact) mass is 380 g/mol. The van der Waals surface area contributed by atoms with Crippen LogP contribution in [0.3, 0.4) is 0 Å². The summed E-state index contributed by atoms with van der Waals surface area (Å²) in [6.07, 6.45) is 0. The summed E-state index contributed by atoms with van der Waals surface area (Å²) in [6, 6.07) is 17.6. The van der Waals surface area contributed by atoms with Crippen molar-refractivity contribution in [1.29, 1.82) is 0 Å². The Morgan fingerprint density at radius 2 is 1.74 bits per heavy atom. The van der Waals surface area contributed by atoms with Gasteiger partial charge < -0.3 is 4.90 Å². The number of carbonyl (C=O) groups is 1. The van der Waals surface area contributed by atoms with Gasteiger partial charge in [-0.15, -0.1) is 0 Å². The minimum absolute atomic E-state index is 0.0849. The molecule has 0 saturated carbocycles. The Hall–Kier alpha value is -2.70. The molecule has 0 radical (unpaired) electrons. The van der Waals surface area contributed by atoms with E-state index in [0.29, 0.717) is 22.9 Å². The summed E-state index contributed by atoms with van der Waals surface area (Å²) < 4.78 is 28.9. The highest BCUT2D eigenvalue weighted by atomic mass is 32.2. The van der Waals surface area contributed by atoms with Crippen LogP contribution in [0.5, 0.6) is 0 Å². The van der Waals surface area contributed by atoms with Crippen molar-refractivity contribution in [3.8, 4) is 0 Å². The van der Waals surface area contributed by atoms with E-state index < -0.39 is 10.0 Å². The molecule has 1 aliphatic rings. The lowest BCUT2D eigenvalue weighted by Crippen LogP contribution is -2.27. The summed E-state index contributed by atoms with van der Waals surface area (Å²) >= 11 is 0. The maximum Gasteiger partial charge on any atom is 0.258 e. The highest BCUT2D eigenvalue weighted by Gasteiger charge is 2.31. The van der Waals surface area contributed by atoms with Crippen molar-refractivity contribution in [2.45, 2.75) is 24.8 Å². The number of hydrogen-bond acceptors (Lipinski definition) is 3. The van der Waals surface area contributed by atoms with Gasteiger partial charge in [-0.25, -0.2) is 13.1 Å². The standard InChI is InChI=1S/C21H20N2O3S/c1-3-23-18-12-13-19(16-10-7-11-17(20(16)18)21(23)24)27(25,26)22-14(2)15-8-5-4-6-9-15/h4-14,22H,3H2,1-2H3/t14-/m0/s1. The first kappa shape index (κ1) is 17.7. The first-order valence-electron chi connectivity index (χ1n) is 8.89. The first-order chi connectivity index (χ1) is 12.9. The van der Waals surface area contributed by atoms with E-state index in [1.807, 2.05) is 44.2 Å². The molecule has 1 N–H and O–H groups in total. The van der Waals surface area contributed by atoms with E-state index in [2.05, 4.69) is 4.72 Å². The van der Waals surface area contributed by atoms with Gasteiger partial charge in [0, 0.05) is 28.9 Å². The molecule has 5 nitrogen and oxygen atoms in total. The number of nitrogens with one attached hydrogen (secondary N) is 1. The number of sulfonamides is 1. The van der Waals surface area contributed by atoms with Crippen molar-refractivity contribution >= 4 is 32.4 Å². The first-order valence-corrected chi connectivity index (χ1v) is 10.4. The molecule has 6 heteroatoms. The summed E-state index contributed by atoms with van der Waals surface area (Å²) in [5.74, 6) is -0.0849. The zero-order valence-corrected chi connectivity index (χ0v) is 16.0. The maximum absolute atomic E-state index is 13.1. The number of amides is 1. The molecule has 0 spiro atoms. The van der Waals surface area contributed by atoms with Gasteiger partial charge in [0.05, 0.1) is 10.6 Å². The SMILES string of the molecule is CCN1C(=O)c2cccc3c(S(=O)(=O)N[C@@H](C)c4ccccc4)ccc1c23. The number of hydrogen-bond donors (Lipinski definition) is 1. The van der Waals surface area contributed by atoms with E-state index in [-0.39, 0.29) is 16.8 Å². The highest BCUT2D eigenvalue weighted by molar-refractivity contribution is 7.89. The molecule has 4 rings (SSSR count). The van der Waals surface area contributed by atoms with Gasteiger partial charge in [0.2, 0.25) is 10.0 Å². The molecule has 3 aromatic carbocycles. The van der Waals surface area contributed by atoms with Gasteiger partial charge in [-0.2, -0.15) is 0 Å². The zero-order chi connectivity index (χ0) is 19.2. The molecular formula is C21H20N2O3S. The predicted octanol–water partition coefficient (Wildman–Crippen LogP) is 3.86. The van der Waals surface area contributed by atoms with Crippen molar-refractivity contribution in [2.24, 2.45) is 0 Å².